The first-order chi connectivity index (χ1) is 12.3. The highest BCUT2D eigenvalue weighted by atomic mass is 32.1. The van der Waals surface area contributed by atoms with Crippen molar-refractivity contribution in [3.05, 3.63) is 94.1 Å². The van der Waals surface area contributed by atoms with Crippen molar-refractivity contribution >= 4 is 22.2 Å². The number of hydrogen-bond acceptors (Lipinski definition) is 2. The van der Waals surface area contributed by atoms with Gasteiger partial charge in [-0.3, -0.25) is 0 Å². The smallest absolute Gasteiger partial charge is 0.123 e. The Balaban J connectivity index is 1.56. The lowest BCUT2D eigenvalue weighted by Gasteiger charge is -2.05. The number of halogens is 1. The molecule has 0 aliphatic heterocycles. The van der Waals surface area contributed by atoms with Gasteiger partial charge in [-0.25, -0.2) is 4.39 Å². The first-order valence-corrected chi connectivity index (χ1v) is 9.22. The Hall–Kier alpha value is -2.43. The number of para-hydroxylation sites is 1. The van der Waals surface area contributed by atoms with E-state index in [1.54, 1.807) is 11.3 Å². The average Bonchev–Trinajstić information content (AvgIpc) is 3.26. The standard InChI is InChI=1S/C21H19FN2S/c22-18-9-7-16(8-10-18)14-24-15-17(20-5-1-2-6-21(20)24)12-23-13-19-4-3-11-25-19/h1-11,15,23H,12-14H2. The van der Waals surface area contributed by atoms with Crippen LogP contribution >= 0.6 is 11.3 Å². The van der Waals surface area contributed by atoms with Gasteiger partial charge in [-0.15, -0.1) is 11.3 Å². The number of benzene rings is 2. The van der Waals surface area contributed by atoms with E-state index in [1.165, 1.54) is 33.5 Å². The van der Waals surface area contributed by atoms with Crippen LogP contribution in [0.4, 0.5) is 4.39 Å². The second-order valence-corrected chi connectivity index (χ2v) is 7.14. The molecule has 0 aliphatic carbocycles. The molecule has 4 heteroatoms. The molecule has 126 valence electrons. The Morgan fingerprint density at radius 3 is 2.56 bits per heavy atom. The van der Waals surface area contributed by atoms with E-state index < -0.39 is 0 Å². The van der Waals surface area contributed by atoms with Gasteiger partial charge in [0.1, 0.15) is 5.82 Å². The number of nitrogens with one attached hydrogen (secondary N) is 1. The third-order valence-corrected chi connectivity index (χ3v) is 5.21. The van der Waals surface area contributed by atoms with Gasteiger partial charge < -0.3 is 9.88 Å². The molecule has 0 saturated heterocycles. The fourth-order valence-corrected chi connectivity index (χ4v) is 3.79. The van der Waals surface area contributed by atoms with E-state index in [0.29, 0.717) is 0 Å². The molecule has 0 spiro atoms. The second-order valence-electron chi connectivity index (χ2n) is 6.11. The minimum absolute atomic E-state index is 0.195. The summed E-state index contributed by atoms with van der Waals surface area (Å²) in [6.07, 6.45) is 2.20. The summed E-state index contributed by atoms with van der Waals surface area (Å²) in [6.45, 7) is 2.45. The lowest BCUT2D eigenvalue weighted by Crippen LogP contribution is -2.11. The third kappa shape index (κ3) is 3.65. The summed E-state index contributed by atoms with van der Waals surface area (Å²) >= 11 is 1.77. The van der Waals surface area contributed by atoms with E-state index in [-0.39, 0.29) is 5.82 Å². The minimum atomic E-state index is -0.195. The van der Waals surface area contributed by atoms with Crippen molar-refractivity contribution in [2.45, 2.75) is 19.6 Å². The van der Waals surface area contributed by atoms with Gasteiger partial charge in [0.25, 0.3) is 0 Å². The van der Waals surface area contributed by atoms with Gasteiger partial charge in [0.05, 0.1) is 0 Å². The summed E-state index contributed by atoms with van der Waals surface area (Å²) < 4.78 is 15.4. The van der Waals surface area contributed by atoms with Crippen molar-refractivity contribution in [2.24, 2.45) is 0 Å². The Bertz CT molecular complexity index is 955. The summed E-state index contributed by atoms with van der Waals surface area (Å²) in [4.78, 5) is 1.34. The molecule has 2 nitrogen and oxygen atoms in total. The lowest BCUT2D eigenvalue weighted by molar-refractivity contribution is 0.626. The third-order valence-electron chi connectivity index (χ3n) is 4.33. The Morgan fingerprint density at radius 1 is 0.920 bits per heavy atom. The molecule has 0 bridgehead atoms. The molecule has 0 amide bonds. The molecule has 0 saturated carbocycles. The number of fused-ring (bicyclic) bond motifs is 1. The zero-order valence-electron chi connectivity index (χ0n) is 13.8. The van der Waals surface area contributed by atoms with Gasteiger partial charge in [-0.1, -0.05) is 36.4 Å². The molecule has 1 N–H and O–H groups in total. The fourth-order valence-electron chi connectivity index (χ4n) is 3.11. The SMILES string of the molecule is Fc1ccc(Cn2cc(CNCc3cccs3)c3ccccc32)cc1. The predicted octanol–water partition coefficient (Wildman–Crippen LogP) is 5.18. The molecule has 4 aromatic rings. The van der Waals surface area contributed by atoms with Crippen molar-refractivity contribution in [3.8, 4) is 0 Å². The van der Waals surface area contributed by atoms with E-state index in [2.05, 4.69) is 57.9 Å². The Kier molecular flexibility index (Phi) is 4.63. The average molecular weight is 350 g/mol. The molecule has 0 aliphatic rings. The molecule has 0 atom stereocenters. The van der Waals surface area contributed by atoms with Crippen molar-refractivity contribution in [1.29, 1.82) is 0 Å². The predicted molar refractivity (Wildman–Crippen MR) is 102 cm³/mol. The largest absolute Gasteiger partial charge is 0.343 e. The molecule has 0 fully saturated rings. The topological polar surface area (TPSA) is 17.0 Å². The van der Waals surface area contributed by atoms with E-state index in [0.717, 1.165) is 25.2 Å². The van der Waals surface area contributed by atoms with Gasteiger partial charge in [0.2, 0.25) is 0 Å². The highest BCUT2D eigenvalue weighted by Crippen LogP contribution is 2.23. The van der Waals surface area contributed by atoms with E-state index in [9.17, 15) is 4.39 Å². The Morgan fingerprint density at radius 2 is 1.76 bits per heavy atom. The summed E-state index contributed by atoms with van der Waals surface area (Å²) in [5, 5.41) is 6.90. The van der Waals surface area contributed by atoms with Gasteiger partial charge in [-0.05, 0) is 40.8 Å². The van der Waals surface area contributed by atoms with E-state index in [1.807, 2.05) is 12.1 Å². The quantitative estimate of drug-likeness (QED) is 0.507. The molecule has 25 heavy (non-hydrogen) atoms. The van der Waals surface area contributed by atoms with Gasteiger partial charge in [0, 0.05) is 41.6 Å². The highest BCUT2D eigenvalue weighted by Gasteiger charge is 2.08. The lowest BCUT2D eigenvalue weighted by atomic mass is 10.2. The maximum atomic E-state index is 13.1. The first-order valence-electron chi connectivity index (χ1n) is 8.34. The van der Waals surface area contributed by atoms with Crippen molar-refractivity contribution in [2.75, 3.05) is 0 Å². The van der Waals surface area contributed by atoms with Crippen molar-refractivity contribution < 1.29 is 4.39 Å². The number of nitrogens with zero attached hydrogens (tertiary/aromatic N) is 1. The fraction of sp³-hybridized carbons (Fsp3) is 0.143. The minimum Gasteiger partial charge on any atom is -0.343 e. The second kappa shape index (κ2) is 7.21. The van der Waals surface area contributed by atoms with Crippen LogP contribution in [0.3, 0.4) is 0 Å². The molecule has 2 heterocycles. The number of rotatable bonds is 6. The molecule has 0 unspecified atom stereocenters. The van der Waals surface area contributed by atoms with Crippen LogP contribution in [0.5, 0.6) is 0 Å². The maximum absolute atomic E-state index is 13.1. The Labute approximate surface area is 150 Å². The van der Waals surface area contributed by atoms with Gasteiger partial charge in [-0.2, -0.15) is 0 Å². The van der Waals surface area contributed by atoms with Gasteiger partial charge in [0.15, 0.2) is 0 Å². The van der Waals surface area contributed by atoms with E-state index >= 15 is 0 Å². The van der Waals surface area contributed by atoms with Crippen molar-refractivity contribution in [3.63, 3.8) is 0 Å². The van der Waals surface area contributed by atoms with Crippen LogP contribution < -0.4 is 5.32 Å². The molecule has 2 aromatic carbocycles. The normalized spacial score (nSPS) is 11.2. The summed E-state index contributed by atoms with van der Waals surface area (Å²) in [6, 6.07) is 19.4. The maximum Gasteiger partial charge on any atom is 0.123 e. The number of aromatic nitrogens is 1. The van der Waals surface area contributed by atoms with Crippen LogP contribution in [0.2, 0.25) is 0 Å². The number of thiophene rings is 1. The first kappa shape index (κ1) is 16.1. The van der Waals surface area contributed by atoms with Gasteiger partial charge >= 0.3 is 0 Å². The molecule has 2 aromatic heterocycles. The summed E-state index contributed by atoms with van der Waals surface area (Å²) in [5.74, 6) is -0.195. The van der Waals surface area contributed by atoms with Crippen LogP contribution in [-0.4, -0.2) is 4.57 Å². The van der Waals surface area contributed by atoms with Crippen LogP contribution in [-0.2, 0) is 19.6 Å². The number of hydrogen-bond donors (Lipinski definition) is 1. The van der Waals surface area contributed by atoms with Crippen LogP contribution in [0.25, 0.3) is 10.9 Å². The summed E-state index contributed by atoms with van der Waals surface area (Å²) in [7, 11) is 0. The highest BCUT2D eigenvalue weighted by molar-refractivity contribution is 7.09. The van der Waals surface area contributed by atoms with E-state index in [4.69, 9.17) is 0 Å². The summed E-state index contributed by atoms with van der Waals surface area (Å²) in [5.41, 5.74) is 3.59. The van der Waals surface area contributed by atoms with Crippen molar-refractivity contribution in [1.82, 2.24) is 9.88 Å². The van der Waals surface area contributed by atoms with Crippen LogP contribution in [0, 0.1) is 5.82 Å². The molecular weight excluding hydrogens is 331 g/mol. The molecular formula is C21H19FN2S. The zero-order chi connectivity index (χ0) is 17.1. The zero-order valence-corrected chi connectivity index (χ0v) is 14.6. The molecule has 4 rings (SSSR count). The van der Waals surface area contributed by atoms with Crippen LogP contribution in [0.15, 0.2) is 72.2 Å². The molecule has 0 radical (unpaired) electrons. The monoisotopic (exact) mass is 350 g/mol. The van der Waals surface area contributed by atoms with Crippen LogP contribution in [0.1, 0.15) is 16.0 Å².